The van der Waals surface area contributed by atoms with E-state index in [9.17, 15) is 0 Å². The van der Waals surface area contributed by atoms with Crippen LogP contribution in [0, 0.1) is 13.8 Å². The average Bonchev–Trinajstić information content (AvgIpc) is 2.72. The molecule has 0 fully saturated rings. The highest BCUT2D eigenvalue weighted by atomic mass is 35.5. The lowest BCUT2D eigenvalue weighted by molar-refractivity contribution is 0.573. The maximum Gasteiger partial charge on any atom is 0.138 e. The van der Waals surface area contributed by atoms with Crippen molar-refractivity contribution >= 4 is 17.4 Å². The van der Waals surface area contributed by atoms with Crippen LogP contribution in [0.15, 0.2) is 12.4 Å². The zero-order valence-corrected chi connectivity index (χ0v) is 13.8. The van der Waals surface area contributed by atoms with Gasteiger partial charge in [0.05, 0.1) is 5.69 Å². The number of hydrogen-bond acceptors (Lipinski definition) is 4. The summed E-state index contributed by atoms with van der Waals surface area (Å²) in [7, 11) is 0. The summed E-state index contributed by atoms with van der Waals surface area (Å²) in [5, 5.41) is 8.34. The van der Waals surface area contributed by atoms with E-state index in [2.05, 4.69) is 47.2 Å². The van der Waals surface area contributed by atoms with Crippen molar-refractivity contribution < 1.29 is 0 Å². The van der Waals surface area contributed by atoms with Crippen molar-refractivity contribution in [3.05, 3.63) is 34.5 Å². The molecule has 5 nitrogen and oxygen atoms in total. The summed E-state index contributed by atoms with van der Waals surface area (Å²) in [5.41, 5.74) is 3.23. The SMILES string of the molecule is Cc1cc(C)n(CCCNc2ncnc(Cl)c2C(C)C)n1. The van der Waals surface area contributed by atoms with Crippen LogP contribution in [0.5, 0.6) is 0 Å². The summed E-state index contributed by atoms with van der Waals surface area (Å²) in [6, 6.07) is 2.09. The quantitative estimate of drug-likeness (QED) is 0.655. The van der Waals surface area contributed by atoms with Crippen molar-refractivity contribution in [1.29, 1.82) is 0 Å². The third kappa shape index (κ3) is 3.94. The molecule has 114 valence electrons. The molecule has 6 heteroatoms. The van der Waals surface area contributed by atoms with E-state index in [1.54, 1.807) is 0 Å². The van der Waals surface area contributed by atoms with E-state index < -0.39 is 0 Å². The van der Waals surface area contributed by atoms with E-state index >= 15 is 0 Å². The average molecular weight is 308 g/mol. The Hall–Kier alpha value is -1.62. The molecule has 0 atom stereocenters. The summed E-state index contributed by atoms with van der Waals surface area (Å²) in [4.78, 5) is 8.35. The van der Waals surface area contributed by atoms with Crippen molar-refractivity contribution in [1.82, 2.24) is 19.7 Å². The van der Waals surface area contributed by atoms with Gasteiger partial charge >= 0.3 is 0 Å². The Morgan fingerprint density at radius 1 is 1.29 bits per heavy atom. The van der Waals surface area contributed by atoms with E-state index in [0.717, 1.165) is 36.6 Å². The van der Waals surface area contributed by atoms with Crippen LogP contribution in [0.3, 0.4) is 0 Å². The summed E-state index contributed by atoms with van der Waals surface area (Å²) in [5.74, 6) is 1.12. The normalized spacial score (nSPS) is 11.1. The number of nitrogens with zero attached hydrogens (tertiary/aromatic N) is 4. The first-order chi connectivity index (χ1) is 9.99. The topological polar surface area (TPSA) is 55.6 Å². The van der Waals surface area contributed by atoms with Gasteiger partial charge in [-0.15, -0.1) is 0 Å². The molecule has 0 aliphatic carbocycles. The molecular weight excluding hydrogens is 286 g/mol. The summed E-state index contributed by atoms with van der Waals surface area (Å²) < 4.78 is 2.04. The molecule has 0 aliphatic rings. The van der Waals surface area contributed by atoms with Gasteiger partial charge in [-0.3, -0.25) is 4.68 Å². The second-order valence-electron chi connectivity index (χ2n) is 5.51. The highest BCUT2D eigenvalue weighted by Crippen LogP contribution is 2.27. The molecule has 2 rings (SSSR count). The van der Waals surface area contributed by atoms with Gasteiger partial charge in [0.1, 0.15) is 17.3 Å². The van der Waals surface area contributed by atoms with Crippen LogP contribution in [-0.2, 0) is 6.54 Å². The Morgan fingerprint density at radius 3 is 2.67 bits per heavy atom. The van der Waals surface area contributed by atoms with Gasteiger partial charge in [0.2, 0.25) is 0 Å². The van der Waals surface area contributed by atoms with Gasteiger partial charge in [-0.1, -0.05) is 25.4 Å². The number of anilines is 1. The van der Waals surface area contributed by atoms with Crippen LogP contribution in [-0.4, -0.2) is 26.3 Å². The third-order valence-corrected chi connectivity index (χ3v) is 3.66. The molecule has 0 amide bonds. The van der Waals surface area contributed by atoms with Gasteiger partial charge in [0.25, 0.3) is 0 Å². The van der Waals surface area contributed by atoms with Crippen molar-refractivity contribution in [2.45, 2.75) is 46.6 Å². The lowest BCUT2D eigenvalue weighted by Gasteiger charge is -2.14. The molecule has 1 N–H and O–H groups in total. The molecule has 0 saturated carbocycles. The Morgan fingerprint density at radius 2 is 2.05 bits per heavy atom. The second kappa shape index (κ2) is 6.89. The standard InChI is InChI=1S/C15H22ClN5/c1-10(2)13-14(16)18-9-19-15(13)17-6-5-7-21-12(4)8-11(3)20-21/h8-10H,5-7H2,1-4H3,(H,17,18,19). The predicted octanol–water partition coefficient (Wildman–Crippen LogP) is 3.57. The molecule has 0 unspecified atom stereocenters. The minimum atomic E-state index is 0.289. The fourth-order valence-corrected chi connectivity index (χ4v) is 2.71. The van der Waals surface area contributed by atoms with Gasteiger partial charge in [-0.05, 0) is 32.3 Å². The fraction of sp³-hybridized carbons (Fsp3) is 0.533. The van der Waals surface area contributed by atoms with Crippen molar-refractivity contribution in [3.8, 4) is 0 Å². The maximum atomic E-state index is 6.15. The summed E-state index contributed by atoms with van der Waals surface area (Å²) >= 11 is 6.15. The van der Waals surface area contributed by atoms with E-state index in [1.165, 1.54) is 12.0 Å². The van der Waals surface area contributed by atoms with Crippen LogP contribution in [0.25, 0.3) is 0 Å². The molecule has 0 aliphatic heterocycles. The van der Waals surface area contributed by atoms with Gasteiger partial charge in [-0.25, -0.2) is 9.97 Å². The fourth-order valence-electron chi connectivity index (χ4n) is 2.36. The minimum absolute atomic E-state index is 0.289. The largest absolute Gasteiger partial charge is 0.370 e. The third-order valence-electron chi connectivity index (χ3n) is 3.36. The zero-order chi connectivity index (χ0) is 15.4. The molecule has 0 saturated heterocycles. The first kappa shape index (κ1) is 15.8. The Balaban J connectivity index is 1.92. The van der Waals surface area contributed by atoms with E-state index in [-0.39, 0.29) is 5.92 Å². The van der Waals surface area contributed by atoms with Crippen molar-refractivity contribution in [3.63, 3.8) is 0 Å². The number of nitrogens with one attached hydrogen (secondary N) is 1. The minimum Gasteiger partial charge on any atom is -0.370 e. The first-order valence-electron chi connectivity index (χ1n) is 7.24. The smallest absolute Gasteiger partial charge is 0.138 e. The van der Waals surface area contributed by atoms with Crippen LogP contribution in [0.4, 0.5) is 5.82 Å². The molecule has 2 heterocycles. The van der Waals surface area contributed by atoms with Crippen LogP contribution in [0.2, 0.25) is 5.15 Å². The first-order valence-corrected chi connectivity index (χ1v) is 7.62. The number of rotatable bonds is 6. The molecule has 2 aromatic heterocycles. The lowest BCUT2D eigenvalue weighted by Crippen LogP contribution is -2.12. The number of halogens is 1. The number of aryl methyl sites for hydroxylation is 3. The molecule has 0 radical (unpaired) electrons. The second-order valence-corrected chi connectivity index (χ2v) is 5.87. The highest BCUT2D eigenvalue weighted by molar-refractivity contribution is 6.30. The van der Waals surface area contributed by atoms with Gasteiger partial charge in [-0.2, -0.15) is 5.10 Å². The monoisotopic (exact) mass is 307 g/mol. The molecule has 0 spiro atoms. The molecule has 2 aromatic rings. The predicted molar refractivity (Wildman–Crippen MR) is 85.9 cm³/mol. The van der Waals surface area contributed by atoms with Gasteiger partial charge in [0.15, 0.2) is 0 Å². The van der Waals surface area contributed by atoms with Crippen LogP contribution < -0.4 is 5.32 Å². The Kier molecular flexibility index (Phi) is 5.17. The van der Waals surface area contributed by atoms with Gasteiger partial charge < -0.3 is 5.32 Å². The number of aromatic nitrogens is 4. The summed E-state index contributed by atoms with van der Waals surface area (Å²) in [6.45, 7) is 9.99. The zero-order valence-electron chi connectivity index (χ0n) is 13.0. The van der Waals surface area contributed by atoms with Crippen molar-refractivity contribution in [2.24, 2.45) is 0 Å². The maximum absolute atomic E-state index is 6.15. The Labute approximate surface area is 130 Å². The number of hydrogen-bond donors (Lipinski definition) is 1. The van der Waals surface area contributed by atoms with Gasteiger partial charge in [0, 0.05) is 24.3 Å². The van der Waals surface area contributed by atoms with E-state index in [1.807, 2.05) is 11.6 Å². The summed E-state index contributed by atoms with van der Waals surface area (Å²) in [6.07, 6.45) is 2.47. The van der Waals surface area contributed by atoms with Crippen molar-refractivity contribution in [2.75, 3.05) is 11.9 Å². The van der Waals surface area contributed by atoms with Crippen LogP contribution >= 0.6 is 11.6 Å². The Bertz CT molecular complexity index is 606. The highest BCUT2D eigenvalue weighted by Gasteiger charge is 2.13. The van der Waals surface area contributed by atoms with E-state index in [4.69, 9.17) is 11.6 Å². The molecule has 21 heavy (non-hydrogen) atoms. The molecular formula is C15H22ClN5. The molecule has 0 aromatic carbocycles. The lowest BCUT2D eigenvalue weighted by atomic mass is 10.1. The van der Waals surface area contributed by atoms with E-state index in [0.29, 0.717) is 5.15 Å². The molecule has 0 bridgehead atoms. The van der Waals surface area contributed by atoms with Crippen LogP contribution in [0.1, 0.15) is 43.1 Å².